The largest absolute Gasteiger partial charge is 0.462 e. The number of nitrogens with one attached hydrogen (secondary N) is 2. The smallest absolute Gasteiger partial charge is 0.340 e. The normalized spacial score (nSPS) is 10.2. The van der Waals surface area contributed by atoms with Crippen LogP contribution in [0, 0.1) is 13.8 Å². The van der Waals surface area contributed by atoms with Crippen LogP contribution >= 0.6 is 0 Å². The maximum absolute atomic E-state index is 12.3. The van der Waals surface area contributed by atoms with Gasteiger partial charge in [0.2, 0.25) is 0 Å². The number of esters is 1. The summed E-state index contributed by atoms with van der Waals surface area (Å²) >= 11 is 0. The van der Waals surface area contributed by atoms with Gasteiger partial charge in [-0.2, -0.15) is 0 Å². The summed E-state index contributed by atoms with van der Waals surface area (Å²) in [6.45, 7) is 5.49. The molecule has 2 aromatic rings. The Hall–Kier alpha value is -2.63. The molecule has 6 nitrogen and oxygen atoms in total. The lowest BCUT2D eigenvalue weighted by Crippen LogP contribution is -2.14. The van der Waals surface area contributed by atoms with Crippen molar-refractivity contribution in [3.63, 3.8) is 0 Å². The second-order valence-corrected chi connectivity index (χ2v) is 4.54. The van der Waals surface area contributed by atoms with E-state index in [1.165, 1.54) is 0 Å². The zero-order valence-corrected chi connectivity index (χ0v) is 12.2. The van der Waals surface area contributed by atoms with E-state index in [-0.39, 0.29) is 5.91 Å². The number of anilines is 1. The molecule has 2 rings (SSSR count). The van der Waals surface area contributed by atoms with Crippen LogP contribution in [0.25, 0.3) is 0 Å². The van der Waals surface area contributed by atoms with Crippen LogP contribution in [0.3, 0.4) is 0 Å². The lowest BCUT2D eigenvalue weighted by molar-refractivity contribution is 0.0525. The third kappa shape index (κ3) is 3.10. The van der Waals surface area contributed by atoms with Gasteiger partial charge in [0, 0.05) is 23.8 Å². The molecule has 0 atom stereocenters. The van der Waals surface area contributed by atoms with Gasteiger partial charge < -0.3 is 15.0 Å². The molecule has 0 saturated carbocycles. The van der Waals surface area contributed by atoms with E-state index in [2.05, 4.69) is 15.3 Å². The van der Waals surface area contributed by atoms with Crippen molar-refractivity contribution in [3.8, 4) is 0 Å². The summed E-state index contributed by atoms with van der Waals surface area (Å²) in [4.78, 5) is 31.0. The third-order valence-electron chi connectivity index (χ3n) is 3.08. The van der Waals surface area contributed by atoms with Crippen LogP contribution in [-0.4, -0.2) is 28.5 Å². The number of aromatic amines is 1. The molecule has 0 aliphatic carbocycles. The van der Waals surface area contributed by atoms with Gasteiger partial charge in [-0.3, -0.25) is 9.78 Å². The van der Waals surface area contributed by atoms with Crippen LogP contribution in [-0.2, 0) is 4.74 Å². The number of aromatic nitrogens is 2. The van der Waals surface area contributed by atoms with Crippen LogP contribution in [0.4, 0.5) is 5.69 Å². The first-order chi connectivity index (χ1) is 10.0. The van der Waals surface area contributed by atoms with E-state index in [0.29, 0.717) is 34.8 Å². The van der Waals surface area contributed by atoms with E-state index in [9.17, 15) is 9.59 Å². The molecule has 0 radical (unpaired) electrons. The van der Waals surface area contributed by atoms with Crippen molar-refractivity contribution >= 4 is 17.6 Å². The molecule has 0 fully saturated rings. The highest BCUT2D eigenvalue weighted by atomic mass is 16.5. The lowest BCUT2D eigenvalue weighted by atomic mass is 10.1. The van der Waals surface area contributed by atoms with Crippen molar-refractivity contribution < 1.29 is 14.3 Å². The first kappa shape index (κ1) is 14.8. The maximum Gasteiger partial charge on any atom is 0.340 e. The zero-order valence-electron chi connectivity index (χ0n) is 12.2. The van der Waals surface area contributed by atoms with Crippen molar-refractivity contribution in [1.29, 1.82) is 0 Å². The molecule has 0 aromatic carbocycles. The summed E-state index contributed by atoms with van der Waals surface area (Å²) in [5.74, 6) is -0.732. The molecule has 110 valence electrons. The van der Waals surface area contributed by atoms with E-state index in [4.69, 9.17) is 4.74 Å². The highest BCUT2D eigenvalue weighted by Crippen LogP contribution is 2.20. The Morgan fingerprint density at radius 2 is 1.95 bits per heavy atom. The van der Waals surface area contributed by atoms with E-state index >= 15 is 0 Å². The van der Waals surface area contributed by atoms with Gasteiger partial charge in [-0.1, -0.05) is 0 Å². The Morgan fingerprint density at radius 3 is 2.57 bits per heavy atom. The number of aryl methyl sites for hydroxylation is 1. The summed E-state index contributed by atoms with van der Waals surface area (Å²) in [5.41, 5.74) is 2.60. The summed E-state index contributed by atoms with van der Waals surface area (Å²) in [7, 11) is 0. The van der Waals surface area contributed by atoms with Crippen LogP contribution < -0.4 is 5.32 Å². The minimum atomic E-state index is -0.424. The zero-order chi connectivity index (χ0) is 15.4. The second kappa shape index (κ2) is 6.21. The monoisotopic (exact) mass is 287 g/mol. The van der Waals surface area contributed by atoms with E-state index in [1.807, 2.05) is 0 Å². The fraction of sp³-hybridized carbons (Fsp3) is 0.267. The number of carbonyl (C=O) groups is 2. The van der Waals surface area contributed by atoms with Gasteiger partial charge in [-0.15, -0.1) is 0 Å². The van der Waals surface area contributed by atoms with Crippen LogP contribution in [0.1, 0.15) is 39.0 Å². The van der Waals surface area contributed by atoms with Gasteiger partial charge in [0.1, 0.15) is 5.69 Å². The predicted molar refractivity (Wildman–Crippen MR) is 78.4 cm³/mol. The van der Waals surface area contributed by atoms with Crippen molar-refractivity contribution in [2.75, 3.05) is 11.9 Å². The van der Waals surface area contributed by atoms with E-state index in [0.717, 1.165) is 0 Å². The van der Waals surface area contributed by atoms with Gasteiger partial charge in [0.25, 0.3) is 5.91 Å². The minimum absolute atomic E-state index is 0.293. The Bertz CT molecular complexity index is 662. The highest BCUT2D eigenvalue weighted by Gasteiger charge is 2.22. The molecule has 2 heterocycles. The van der Waals surface area contributed by atoms with E-state index < -0.39 is 5.97 Å². The molecular formula is C15H17N3O3. The summed E-state index contributed by atoms with van der Waals surface area (Å²) in [6, 6.07) is 3.38. The lowest BCUT2D eigenvalue weighted by Gasteiger charge is -2.04. The van der Waals surface area contributed by atoms with Crippen molar-refractivity contribution in [3.05, 3.63) is 47.0 Å². The fourth-order valence-electron chi connectivity index (χ4n) is 2.12. The number of hydrogen-bond acceptors (Lipinski definition) is 4. The Labute approximate surface area is 122 Å². The molecule has 2 aromatic heterocycles. The Morgan fingerprint density at radius 1 is 1.29 bits per heavy atom. The topological polar surface area (TPSA) is 84.1 Å². The quantitative estimate of drug-likeness (QED) is 0.846. The van der Waals surface area contributed by atoms with Crippen molar-refractivity contribution in [1.82, 2.24) is 9.97 Å². The second-order valence-electron chi connectivity index (χ2n) is 4.54. The Balaban J connectivity index is 2.27. The molecule has 2 N–H and O–H groups in total. The van der Waals surface area contributed by atoms with Crippen LogP contribution in [0.15, 0.2) is 24.5 Å². The molecule has 0 aliphatic heterocycles. The SMILES string of the molecule is CCOC(=O)c1c(C)[nH]c(C(=O)Nc2ccncc2)c1C. The summed E-state index contributed by atoms with van der Waals surface area (Å²) < 4.78 is 5.00. The number of amides is 1. The first-order valence-corrected chi connectivity index (χ1v) is 6.62. The molecule has 0 saturated heterocycles. The van der Waals surface area contributed by atoms with Gasteiger partial charge in [-0.05, 0) is 38.5 Å². The third-order valence-corrected chi connectivity index (χ3v) is 3.08. The summed E-state index contributed by atoms with van der Waals surface area (Å²) in [6.07, 6.45) is 3.18. The molecule has 0 bridgehead atoms. The predicted octanol–water partition coefficient (Wildman–Crippen LogP) is 2.46. The molecular weight excluding hydrogens is 270 g/mol. The fourth-order valence-corrected chi connectivity index (χ4v) is 2.12. The van der Waals surface area contributed by atoms with Crippen molar-refractivity contribution in [2.24, 2.45) is 0 Å². The van der Waals surface area contributed by atoms with Crippen LogP contribution in [0.5, 0.6) is 0 Å². The average Bonchev–Trinajstić information content (AvgIpc) is 2.75. The minimum Gasteiger partial charge on any atom is -0.462 e. The molecule has 6 heteroatoms. The number of nitrogens with zero attached hydrogens (tertiary/aromatic N) is 1. The standard InChI is InChI=1S/C15H17N3O3/c1-4-21-15(20)12-9(2)13(17-10(12)3)14(19)18-11-5-7-16-8-6-11/h5-8,17H,4H2,1-3H3,(H,16,18,19). The number of rotatable bonds is 4. The number of ether oxygens (including phenoxy) is 1. The van der Waals surface area contributed by atoms with Crippen LogP contribution in [0.2, 0.25) is 0 Å². The number of carbonyl (C=O) groups excluding carboxylic acids is 2. The molecule has 0 unspecified atom stereocenters. The van der Waals surface area contributed by atoms with Crippen molar-refractivity contribution in [2.45, 2.75) is 20.8 Å². The Kier molecular flexibility index (Phi) is 4.37. The van der Waals surface area contributed by atoms with Gasteiger partial charge in [0.15, 0.2) is 0 Å². The molecule has 21 heavy (non-hydrogen) atoms. The number of hydrogen-bond donors (Lipinski definition) is 2. The maximum atomic E-state index is 12.3. The van der Waals surface area contributed by atoms with Gasteiger partial charge in [-0.25, -0.2) is 4.79 Å². The average molecular weight is 287 g/mol. The summed E-state index contributed by atoms with van der Waals surface area (Å²) in [5, 5.41) is 2.75. The number of H-pyrrole nitrogens is 1. The van der Waals surface area contributed by atoms with E-state index in [1.54, 1.807) is 45.3 Å². The number of pyridine rings is 1. The van der Waals surface area contributed by atoms with Gasteiger partial charge in [0.05, 0.1) is 12.2 Å². The van der Waals surface area contributed by atoms with Gasteiger partial charge >= 0.3 is 5.97 Å². The highest BCUT2D eigenvalue weighted by molar-refractivity contribution is 6.06. The molecule has 1 amide bonds. The molecule has 0 spiro atoms. The molecule has 0 aliphatic rings. The first-order valence-electron chi connectivity index (χ1n) is 6.62.